The van der Waals surface area contributed by atoms with E-state index in [0.29, 0.717) is 12.5 Å². The van der Waals surface area contributed by atoms with Gasteiger partial charge in [0, 0.05) is 6.54 Å². The maximum absolute atomic E-state index is 13.6. The summed E-state index contributed by atoms with van der Waals surface area (Å²) in [6.07, 6.45) is 5.13. The van der Waals surface area contributed by atoms with Crippen molar-refractivity contribution >= 4 is 0 Å². The topological polar surface area (TPSA) is 55.5 Å². The van der Waals surface area contributed by atoms with Gasteiger partial charge in [0.15, 0.2) is 11.6 Å². The van der Waals surface area contributed by atoms with Crippen molar-refractivity contribution in [3.8, 4) is 5.75 Å². The Labute approximate surface area is 113 Å². The second-order valence-electron chi connectivity index (χ2n) is 5.32. The van der Waals surface area contributed by atoms with Crippen LogP contribution in [0.4, 0.5) is 4.39 Å². The number of rotatable bonds is 6. The lowest BCUT2D eigenvalue weighted by atomic mass is 10.0. The summed E-state index contributed by atoms with van der Waals surface area (Å²) in [5, 5.41) is 9.90. The van der Waals surface area contributed by atoms with Crippen LogP contribution in [0.3, 0.4) is 0 Å². The SMILES string of the molecule is NCc1ccc(OCC(O)CC2CCCC2)c(F)c1. The zero-order chi connectivity index (χ0) is 13.7. The van der Waals surface area contributed by atoms with Gasteiger partial charge in [-0.1, -0.05) is 31.7 Å². The number of hydrogen-bond acceptors (Lipinski definition) is 3. The summed E-state index contributed by atoms with van der Waals surface area (Å²) in [7, 11) is 0. The molecule has 1 aromatic carbocycles. The molecule has 3 nitrogen and oxygen atoms in total. The number of hydrogen-bond donors (Lipinski definition) is 2. The molecule has 0 aromatic heterocycles. The number of nitrogens with two attached hydrogens (primary N) is 1. The highest BCUT2D eigenvalue weighted by Gasteiger charge is 2.19. The third-order valence-electron chi connectivity index (χ3n) is 3.74. The number of halogens is 1. The lowest BCUT2D eigenvalue weighted by molar-refractivity contribution is 0.0837. The van der Waals surface area contributed by atoms with Crippen molar-refractivity contribution in [2.75, 3.05) is 6.61 Å². The normalized spacial score (nSPS) is 17.6. The minimum Gasteiger partial charge on any atom is -0.488 e. The first kappa shape index (κ1) is 14.3. The van der Waals surface area contributed by atoms with Crippen LogP contribution >= 0.6 is 0 Å². The van der Waals surface area contributed by atoms with Gasteiger partial charge in [0.2, 0.25) is 0 Å². The zero-order valence-corrected chi connectivity index (χ0v) is 11.1. The molecule has 2 rings (SSSR count). The van der Waals surface area contributed by atoms with E-state index in [4.69, 9.17) is 10.5 Å². The minimum absolute atomic E-state index is 0.148. The highest BCUT2D eigenvalue weighted by atomic mass is 19.1. The van der Waals surface area contributed by atoms with E-state index in [2.05, 4.69) is 0 Å². The molecule has 0 saturated heterocycles. The summed E-state index contributed by atoms with van der Waals surface area (Å²) in [4.78, 5) is 0. The molecule has 1 aliphatic carbocycles. The van der Waals surface area contributed by atoms with E-state index in [1.165, 1.54) is 31.7 Å². The molecule has 0 radical (unpaired) electrons. The molecule has 1 aliphatic rings. The molecule has 19 heavy (non-hydrogen) atoms. The van der Waals surface area contributed by atoms with Crippen molar-refractivity contribution in [1.82, 2.24) is 0 Å². The fraction of sp³-hybridized carbons (Fsp3) is 0.600. The van der Waals surface area contributed by atoms with Crippen LogP contribution in [0, 0.1) is 11.7 Å². The average molecular weight is 267 g/mol. The van der Waals surface area contributed by atoms with Crippen molar-refractivity contribution in [3.05, 3.63) is 29.6 Å². The molecule has 106 valence electrons. The second kappa shape index (κ2) is 6.87. The molecule has 0 amide bonds. The van der Waals surface area contributed by atoms with Gasteiger partial charge in [-0.25, -0.2) is 4.39 Å². The van der Waals surface area contributed by atoms with Gasteiger partial charge in [-0.05, 0) is 30.0 Å². The fourth-order valence-electron chi connectivity index (χ4n) is 2.67. The zero-order valence-electron chi connectivity index (χ0n) is 11.1. The minimum atomic E-state index is -0.517. The molecule has 1 atom stereocenters. The molecular weight excluding hydrogens is 245 g/mol. The van der Waals surface area contributed by atoms with Gasteiger partial charge in [0.1, 0.15) is 6.61 Å². The molecule has 1 unspecified atom stereocenters. The number of ether oxygens (including phenoxy) is 1. The average Bonchev–Trinajstić information content (AvgIpc) is 2.90. The second-order valence-corrected chi connectivity index (χ2v) is 5.32. The van der Waals surface area contributed by atoms with Crippen LogP contribution in [-0.2, 0) is 6.54 Å². The lowest BCUT2D eigenvalue weighted by Gasteiger charge is -2.16. The molecule has 1 fully saturated rings. The van der Waals surface area contributed by atoms with Crippen molar-refractivity contribution in [2.24, 2.45) is 11.7 Å². The van der Waals surface area contributed by atoms with Crippen molar-refractivity contribution in [2.45, 2.75) is 44.8 Å². The van der Waals surface area contributed by atoms with E-state index in [1.807, 2.05) is 0 Å². The van der Waals surface area contributed by atoms with Gasteiger partial charge in [0.25, 0.3) is 0 Å². The molecule has 0 bridgehead atoms. The van der Waals surface area contributed by atoms with Gasteiger partial charge in [-0.15, -0.1) is 0 Å². The van der Waals surface area contributed by atoms with Crippen molar-refractivity contribution in [3.63, 3.8) is 0 Å². The van der Waals surface area contributed by atoms with Crippen LogP contribution in [0.25, 0.3) is 0 Å². The maximum atomic E-state index is 13.6. The van der Waals surface area contributed by atoms with Gasteiger partial charge >= 0.3 is 0 Å². The van der Waals surface area contributed by atoms with Gasteiger partial charge < -0.3 is 15.6 Å². The predicted octanol–water partition coefficient (Wildman–Crippen LogP) is 2.60. The Kier molecular flexibility index (Phi) is 5.16. The molecule has 0 spiro atoms. The summed E-state index contributed by atoms with van der Waals surface area (Å²) >= 11 is 0. The number of aliphatic hydroxyl groups is 1. The Bertz CT molecular complexity index is 405. The molecule has 1 aromatic rings. The number of benzene rings is 1. The Balaban J connectivity index is 1.80. The first-order valence-corrected chi connectivity index (χ1v) is 6.98. The standard InChI is InChI=1S/C15H22FNO2/c16-14-8-12(9-17)5-6-15(14)19-10-13(18)7-11-3-1-2-4-11/h5-6,8,11,13,18H,1-4,7,9-10,17H2. The van der Waals surface area contributed by atoms with Crippen LogP contribution in [0.2, 0.25) is 0 Å². The Morgan fingerprint density at radius 3 is 2.74 bits per heavy atom. The Hall–Kier alpha value is -1.13. The largest absolute Gasteiger partial charge is 0.488 e. The monoisotopic (exact) mass is 267 g/mol. The molecule has 0 heterocycles. The quantitative estimate of drug-likeness (QED) is 0.833. The Morgan fingerprint density at radius 1 is 1.37 bits per heavy atom. The summed E-state index contributed by atoms with van der Waals surface area (Å²) in [5.74, 6) is 0.363. The smallest absolute Gasteiger partial charge is 0.165 e. The molecular formula is C15H22FNO2. The van der Waals surface area contributed by atoms with E-state index in [0.717, 1.165) is 12.0 Å². The van der Waals surface area contributed by atoms with E-state index in [-0.39, 0.29) is 12.4 Å². The highest BCUT2D eigenvalue weighted by Crippen LogP contribution is 2.28. The Morgan fingerprint density at radius 2 is 2.11 bits per heavy atom. The third-order valence-corrected chi connectivity index (χ3v) is 3.74. The predicted molar refractivity (Wildman–Crippen MR) is 72.4 cm³/mol. The lowest BCUT2D eigenvalue weighted by Crippen LogP contribution is -2.20. The van der Waals surface area contributed by atoms with E-state index in [9.17, 15) is 9.50 Å². The van der Waals surface area contributed by atoms with Gasteiger partial charge in [-0.3, -0.25) is 0 Å². The number of aliphatic hydroxyl groups excluding tert-OH is 1. The van der Waals surface area contributed by atoms with E-state index in [1.54, 1.807) is 12.1 Å². The highest BCUT2D eigenvalue weighted by molar-refractivity contribution is 5.29. The van der Waals surface area contributed by atoms with Crippen molar-refractivity contribution < 1.29 is 14.2 Å². The summed E-state index contributed by atoms with van der Waals surface area (Å²) in [6, 6.07) is 4.68. The van der Waals surface area contributed by atoms with Crippen LogP contribution in [0.15, 0.2) is 18.2 Å². The third kappa shape index (κ3) is 4.18. The summed E-state index contributed by atoms with van der Waals surface area (Å²) in [6.45, 7) is 0.455. The first-order valence-electron chi connectivity index (χ1n) is 6.98. The van der Waals surface area contributed by atoms with E-state index < -0.39 is 11.9 Å². The summed E-state index contributed by atoms with van der Waals surface area (Å²) < 4.78 is 19.0. The van der Waals surface area contributed by atoms with Gasteiger partial charge in [-0.2, -0.15) is 0 Å². The maximum Gasteiger partial charge on any atom is 0.165 e. The van der Waals surface area contributed by atoms with Crippen LogP contribution < -0.4 is 10.5 Å². The van der Waals surface area contributed by atoms with Crippen LogP contribution in [-0.4, -0.2) is 17.8 Å². The summed E-state index contributed by atoms with van der Waals surface area (Å²) in [5.41, 5.74) is 6.17. The van der Waals surface area contributed by atoms with Crippen molar-refractivity contribution in [1.29, 1.82) is 0 Å². The van der Waals surface area contributed by atoms with Crippen LogP contribution in [0.1, 0.15) is 37.7 Å². The van der Waals surface area contributed by atoms with E-state index >= 15 is 0 Å². The first-order chi connectivity index (χ1) is 9.19. The molecule has 0 aliphatic heterocycles. The van der Waals surface area contributed by atoms with Crippen LogP contribution in [0.5, 0.6) is 5.75 Å². The van der Waals surface area contributed by atoms with Gasteiger partial charge in [0.05, 0.1) is 6.10 Å². The molecule has 1 saturated carbocycles. The molecule has 4 heteroatoms. The molecule has 3 N–H and O–H groups in total. The fourth-order valence-corrected chi connectivity index (χ4v) is 2.67.